The molecular formula is C39H54N6O9. The Morgan fingerprint density at radius 2 is 1.19 bits per heavy atom. The molecule has 4 N–H and O–H groups in total. The summed E-state index contributed by atoms with van der Waals surface area (Å²) in [5.41, 5.74) is -0.589. The van der Waals surface area contributed by atoms with Crippen LogP contribution < -0.4 is 15.1 Å². The molecule has 294 valence electrons. The molecule has 54 heavy (non-hydrogen) atoms. The number of carbonyl (C=O) groups is 2. The van der Waals surface area contributed by atoms with Crippen LogP contribution in [0.25, 0.3) is 0 Å². The highest BCUT2D eigenvalue weighted by atomic mass is 16.5. The first-order valence-electron chi connectivity index (χ1n) is 17.4. The van der Waals surface area contributed by atoms with Crippen molar-refractivity contribution in [2.24, 2.45) is 0 Å². The van der Waals surface area contributed by atoms with E-state index in [4.69, 9.17) is 9.47 Å². The molecule has 0 atom stereocenters. The minimum Gasteiger partial charge on any atom is -0.714 e. The Labute approximate surface area is 317 Å². The first kappa shape index (κ1) is 43.2. The van der Waals surface area contributed by atoms with Crippen molar-refractivity contribution in [2.45, 2.75) is 84.5 Å². The van der Waals surface area contributed by atoms with Crippen molar-refractivity contribution >= 4 is 29.2 Å². The maximum atomic E-state index is 12.5. The zero-order chi connectivity index (χ0) is 40.8. The van der Waals surface area contributed by atoms with E-state index in [1.807, 2.05) is 85.7 Å². The summed E-state index contributed by atoms with van der Waals surface area (Å²) < 4.78 is 11.6. The summed E-state index contributed by atoms with van der Waals surface area (Å²) in [7, 11) is 3.03. The maximum Gasteiger partial charge on any atom is 0.345 e. The minimum atomic E-state index is -0.725. The molecule has 15 heteroatoms. The van der Waals surface area contributed by atoms with Crippen molar-refractivity contribution < 1.29 is 44.2 Å². The number of ether oxygens (including phenoxy) is 2. The van der Waals surface area contributed by atoms with Gasteiger partial charge in [-0.1, -0.05) is 18.2 Å². The number of amides is 2. The Bertz CT molecular complexity index is 1820. The maximum absolute atomic E-state index is 12.5. The standard InChI is InChI=1S/C14H20N2O3.C13H18N2O2.C12H16N2O4/c1-13(2)14(3,4)16(18)12(15(13)17)10-6-8-11(19-5)9-7-10;1-12(2)13(3,4)15(17)11(14(12)16)10-8-6-5-7-9-10;1-3-13-12(16)14(17)10-6-4-9(5-7-10)11(15)8-18-2/h6-9,17H,1-5H3;5-9,16H,1-4H3;4-7,17H,3,8H2,1-2H3,(H,13,16). The number of amidine groups is 2. The summed E-state index contributed by atoms with van der Waals surface area (Å²) in [6.45, 7) is 16.9. The summed E-state index contributed by atoms with van der Waals surface area (Å²) in [6.07, 6.45) is 0. The van der Waals surface area contributed by atoms with Crippen LogP contribution in [0.2, 0.25) is 0 Å². The van der Waals surface area contributed by atoms with E-state index in [1.54, 1.807) is 38.3 Å². The third-order valence-electron chi connectivity index (χ3n) is 10.5. The van der Waals surface area contributed by atoms with Crippen molar-refractivity contribution in [1.82, 2.24) is 15.4 Å². The zero-order valence-electron chi connectivity index (χ0n) is 32.9. The predicted octanol–water partition coefficient (Wildman–Crippen LogP) is 5.86. The van der Waals surface area contributed by atoms with Gasteiger partial charge in [-0.3, -0.25) is 19.5 Å². The van der Waals surface area contributed by atoms with Crippen LogP contribution in [0.15, 0.2) is 78.9 Å². The molecule has 0 aromatic heterocycles. The van der Waals surface area contributed by atoms with Gasteiger partial charge in [0, 0.05) is 19.2 Å². The Morgan fingerprint density at radius 1 is 0.741 bits per heavy atom. The van der Waals surface area contributed by atoms with Gasteiger partial charge < -0.3 is 25.2 Å². The van der Waals surface area contributed by atoms with E-state index in [9.17, 15) is 35.6 Å². The number of benzene rings is 3. The van der Waals surface area contributed by atoms with Gasteiger partial charge in [-0.05, 0) is 123 Å². The highest BCUT2D eigenvalue weighted by Crippen LogP contribution is 2.38. The van der Waals surface area contributed by atoms with E-state index in [2.05, 4.69) is 5.32 Å². The Kier molecular flexibility index (Phi) is 13.5. The molecule has 0 spiro atoms. The number of methoxy groups -OCH3 is 2. The number of anilines is 1. The van der Waals surface area contributed by atoms with E-state index < -0.39 is 28.2 Å². The monoisotopic (exact) mass is 750 g/mol. The molecule has 0 radical (unpaired) electrons. The molecule has 2 heterocycles. The van der Waals surface area contributed by atoms with E-state index in [-0.39, 0.29) is 23.9 Å². The van der Waals surface area contributed by atoms with Crippen LogP contribution >= 0.6 is 0 Å². The zero-order valence-corrected chi connectivity index (χ0v) is 32.9. The second-order valence-corrected chi connectivity index (χ2v) is 14.7. The number of ketones is 1. The first-order valence-corrected chi connectivity index (χ1v) is 17.4. The van der Waals surface area contributed by atoms with Gasteiger partial charge in [0.1, 0.15) is 23.4 Å². The van der Waals surface area contributed by atoms with Gasteiger partial charge in [-0.15, -0.1) is 10.1 Å². The molecule has 2 aliphatic heterocycles. The molecule has 3 aromatic carbocycles. The molecule has 5 rings (SSSR count). The number of hydroxylamine groups is 7. The number of Topliss-reactive ketones (excluding diaryl/α,β-unsaturated/α-hetero) is 1. The van der Waals surface area contributed by atoms with Crippen molar-refractivity contribution in [3.8, 4) is 5.75 Å². The summed E-state index contributed by atoms with van der Waals surface area (Å²) in [5.74, 6) is 1.12. The average Bonchev–Trinajstić information content (AvgIpc) is 3.35. The number of carbonyl (C=O) groups excluding carboxylic acids is 2. The van der Waals surface area contributed by atoms with Crippen LogP contribution in [-0.2, 0) is 4.74 Å². The molecule has 3 aromatic rings. The van der Waals surface area contributed by atoms with Crippen LogP contribution in [0.5, 0.6) is 5.75 Å². The molecular weight excluding hydrogens is 696 g/mol. The van der Waals surface area contributed by atoms with Gasteiger partial charge in [0.05, 0.1) is 23.9 Å². The fourth-order valence-electron chi connectivity index (χ4n) is 5.40. The summed E-state index contributed by atoms with van der Waals surface area (Å²) in [6, 6.07) is 21.7. The quantitative estimate of drug-likeness (QED) is 0.0710. The van der Waals surface area contributed by atoms with Crippen molar-refractivity contribution in [3.63, 3.8) is 0 Å². The smallest absolute Gasteiger partial charge is 0.345 e. The van der Waals surface area contributed by atoms with Gasteiger partial charge in [-0.25, -0.2) is 15.2 Å². The molecule has 0 saturated carbocycles. The van der Waals surface area contributed by atoms with Gasteiger partial charge in [0.2, 0.25) is 0 Å². The fraction of sp³-hybridized carbons (Fsp3) is 0.436. The van der Waals surface area contributed by atoms with E-state index in [0.717, 1.165) is 25.2 Å². The Balaban J connectivity index is 0.000000218. The normalized spacial score (nSPS) is 17.6. The lowest BCUT2D eigenvalue weighted by atomic mass is 9.84. The molecule has 2 aliphatic rings. The summed E-state index contributed by atoms with van der Waals surface area (Å²) in [5, 5.41) is 60.0. The molecule has 0 bridgehead atoms. The lowest BCUT2D eigenvalue weighted by molar-refractivity contribution is -0.539. The van der Waals surface area contributed by atoms with Crippen LogP contribution in [0, 0.1) is 10.4 Å². The lowest BCUT2D eigenvalue weighted by Gasteiger charge is -2.33. The first-order chi connectivity index (χ1) is 25.1. The lowest BCUT2D eigenvalue weighted by Crippen LogP contribution is -2.53. The molecule has 2 amide bonds. The summed E-state index contributed by atoms with van der Waals surface area (Å²) in [4.78, 5) is 22.8. The molecule has 0 aliphatic carbocycles. The second kappa shape index (κ2) is 16.8. The highest BCUT2D eigenvalue weighted by Gasteiger charge is 2.59. The van der Waals surface area contributed by atoms with Crippen LogP contribution in [0.1, 0.15) is 83.8 Å². The number of urea groups is 1. The van der Waals surface area contributed by atoms with Gasteiger partial charge in [-0.2, -0.15) is 5.06 Å². The number of rotatable bonds is 8. The van der Waals surface area contributed by atoms with Crippen LogP contribution in [-0.4, -0.2) is 108 Å². The number of hydrogen-bond donors (Lipinski definition) is 4. The van der Waals surface area contributed by atoms with Gasteiger partial charge in [0.25, 0.3) is 0 Å². The van der Waals surface area contributed by atoms with Crippen molar-refractivity contribution in [1.29, 1.82) is 0 Å². The van der Waals surface area contributed by atoms with Crippen molar-refractivity contribution in [2.75, 3.05) is 32.4 Å². The van der Waals surface area contributed by atoms with E-state index in [0.29, 0.717) is 34.3 Å². The Hall–Kier alpha value is -5.22. The van der Waals surface area contributed by atoms with Gasteiger partial charge in [0.15, 0.2) is 16.9 Å². The molecule has 0 saturated heterocycles. The third kappa shape index (κ3) is 8.29. The van der Waals surface area contributed by atoms with Crippen molar-refractivity contribution in [3.05, 3.63) is 106 Å². The largest absolute Gasteiger partial charge is 0.714 e. The molecule has 15 nitrogen and oxygen atoms in total. The topological polar surface area (TPSA) is 187 Å². The fourth-order valence-corrected chi connectivity index (χ4v) is 5.40. The summed E-state index contributed by atoms with van der Waals surface area (Å²) >= 11 is 0. The number of hydrogen-bond acceptors (Lipinski definition) is 11. The number of nitrogens with zero attached hydrogens (tertiary/aromatic N) is 5. The minimum absolute atomic E-state index is 0.00148. The van der Waals surface area contributed by atoms with Crippen LogP contribution in [0.4, 0.5) is 10.5 Å². The molecule has 0 unspecified atom stereocenters. The van der Waals surface area contributed by atoms with Gasteiger partial charge >= 0.3 is 17.7 Å². The highest BCUT2D eigenvalue weighted by molar-refractivity contribution is 5.98. The molecule has 0 fully saturated rings. The number of nitrogens with one attached hydrogen (secondary N) is 1. The van der Waals surface area contributed by atoms with E-state index >= 15 is 0 Å². The van der Waals surface area contributed by atoms with Crippen LogP contribution in [0.3, 0.4) is 0 Å². The average molecular weight is 751 g/mol. The Morgan fingerprint density at radius 3 is 1.56 bits per heavy atom. The third-order valence-corrected chi connectivity index (χ3v) is 10.5. The second-order valence-electron chi connectivity index (χ2n) is 14.7. The SMILES string of the molecule is CC1(C)N(O)C(c2ccccc2)=[N+]([O-])C1(C)C.CCNC(=O)N(O)c1ccc(C(=O)COC)cc1.COc1ccc(C2=[N+]([O-])C(C)(C)C(C)(C)N2O)cc1. The predicted molar refractivity (Wildman–Crippen MR) is 204 cm³/mol. The van der Waals surface area contributed by atoms with E-state index in [1.165, 1.54) is 31.4 Å².